The Morgan fingerprint density at radius 1 is 1.03 bits per heavy atom. The SMILES string of the molecule is CCOc1cc(/C=N\NC(=O)c2cc3cc(Br)cc(Br)c3o2)c(Br)cc1OCc1cccc(C)c1. The molecule has 1 heterocycles. The van der Waals surface area contributed by atoms with Gasteiger partial charge < -0.3 is 13.9 Å². The van der Waals surface area contributed by atoms with E-state index in [2.05, 4.69) is 64.4 Å². The van der Waals surface area contributed by atoms with Gasteiger partial charge in [0.25, 0.3) is 0 Å². The summed E-state index contributed by atoms with van der Waals surface area (Å²) in [6.07, 6.45) is 1.53. The summed E-state index contributed by atoms with van der Waals surface area (Å²) in [5.41, 5.74) is 6.06. The van der Waals surface area contributed by atoms with E-state index in [9.17, 15) is 4.79 Å². The van der Waals surface area contributed by atoms with Gasteiger partial charge in [0.2, 0.25) is 0 Å². The van der Waals surface area contributed by atoms with Crippen LogP contribution in [0.2, 0.25) is 0 Å². The number of ether oxygens (including phenoxy) is 2. The molecule has 0 bridgehead atoms. The number of benzene rings is 3. The van der Waals surface area contributed by atoms with Gasteiger partial charge in [-0.05, 0) is 81.6 Å². The van der Waals surface area contributed by atoms with Gasteiger partial charge in [-0.15, -0.1) is 0 Å². The number of amides is 1. The van der Waals surface area contributed by atoms with Crippen LogP contribution < -0.4 is 14.9 Å². The molecule has 35 heavy (non-hydrogen) atoms. The van der Waals surface area contributed by atoms with Crippen LogP contribution in [0, 0.1) is 6.92 Å². The van der Waals surface area contributed by atoms with E-state index < -0.39 is 5.91 Å². The third-order valence-electron chi connectivity index (χ3n) is 4.97. The number of hydrogen-bond donors (Lipinski definition) is 1. The van der Waals surface area contributed by atoms with E-state index in [1.165, 1.54) is 11.8 Å². The summed E-state index contributed by atoms with van der Waals surface area (Å²) >= 11 is 10.4. The van der Waals surface area contributed by atoms with E-state index in [-0.39, 0.29) is 5.76 Å². The summed E-state index contributed by atoms with van der Waals surface area (Å²) in [5, 5.41) is 4.89. The summed E-state index contributed by atoms with van der Waals surface area (Å²) in [4.78, 5) is 12.6. The van der Waals surface area contributed by atoms with Crippen LogP contribution in [-0.4, -0.2) is 18.7 Å². The van der Waals surface area contributed by atoms with Crippen molar-refractivity contribution in [3.05, 3.63) is 90.5 Å². The van der Waals surface area contributed by atoms with Crippen molar-refractivity contribution in [1.29, 1.82) is 0 Å². The highest BCUT2D eigenvalue weighted by Gasteiger charge is 2.15. The Morgan fingerprint density at radius 3 is 2.60 bits per heavy atom. The molecule has 1 amide bonds. The van der Waals surface area contributed by atoms with Gasteiger partial charge in [-0.25, -0.2) is 5.43 Å². The fourth-order valence-electron chi connectivity index (χ4n) is 3.40. The zero-order valence-corrected chi connectivity index (χ0v) is 23.7. The monoisotopic (exact) mass is 662 g/mol. The zero-order valence-electron chi connectivity index (χ0n) is 18.9. The summed E-state index contributed by atoms with van der Waals surface area (Å²) in [5.74, 6) is 0.897. The molecule has 0 unspecified atom stereocenters. The third kappa shape index (κ3) is 6.34. The second-order valence-corrected chi connectivity index (χ2v) is 10.3. The van der Waals surface area contributed by atoms with E-state index in [4.69, 9.17) is 13.9 Å². The lowest BCUT2D eigenvalue weighted by molar-refractivity contribution is 0.0929. The molecule has 3 aromatic carbocycles. The first-order valence-corrected chi connectivity index (χ1v) is 13.1. The Kier molecular flexibility index (Phi) is 8.30. The molecule has 1 aromatic heterocycles. The van der Waals surface area contributed by atoms with Gasteiger partial charge in [-0.1, -0.05) is 45.8 Å². The average Bonchev–Trinajstić information content (AvgIpc) is 3.24. The highest BCUT2D eigenvalue weighted by molar-refractivity contribution is 9.11. The minimum absolute atomic E-state index is 0.157. The molecule has 4 aromatic rings. The molecule has 0 spiro atoms. The van der Waals surface area contributed by atoms with Gasteiger partial charge in [-0.2, -0.15) is 5.10 Å². The van der Waals surface area contributed by atoms with Crippen LogP contribution in [0.3, 0.4) is 0 Å². The van der Waals surface area contributed by atoms with Crippen molar-refractivity contribution in [2.45, 2.75) is 20.5 Å². The number of nitrogens with one attached hydrogen (secondary N) is 1. The van der Waals surface area contributed by atoms with Crippen molar-refractivity contribution in [3.63, 3.8) is 0 Å². The van der Waals surface area contributed by atoms with Gasteiger partial charge in [0, 0.05) is 19.9 Å². The number of carbonyl (C=O) groups is 1. The van der Waals surface area contributed by atoms with Crippen LogP contribution in [0.1, 0.15) is 34.2 Å². The molecule has 9 heteroatoms. The first kappa shape index (κ1) is 25.5. The molecule has 0 atom stereocenters. The number of fused-ring (bicyclic) bond motifs is 1. The molecule has 0 aliphatic carbocycles. The normalized spacial score (nSPS) is 11.2. The molecular formula is C26H21Br3N2O4. The third-order valence-corrected chi connectivity index (χ3v) is 6.70. The maximum Gasteiger partial charge on any atom is 0.307 e. The van der Waals surface area contributed by atoms with Crippen molar-refractivity contribution in [2.24, 2.45) is 5.10 Å². The van der Waals surface area contributed by atoms with Crippen molar-refractivity contribution in [3.8, 4) is 11.5 Å². The molecule has 0 fully saturated rings. The Hall–Kier alpha value is -2.62. The molecule has 0 radical (unpaired) electrons. The van der Waals surface area contributed by atoms with E-state index in [0.29, 0.717) is 35.9 Å². The number of rotatable bonds is 8. The predicted molar refractivity (Wildman–Crippen MR) is 147 cm³/mol. The number of carbonyl (C=O) groups excluding carboxylic acids is 1. The smallest absolute Gasteiger partial charge is 0.307 e. The maximum atomic E-state index is 12.6. The predicted octanol–water partition coefficient (Wildman–Crippen LogP) is 7.77. The molecule has 1 N–H and O–H groups in total. The highest BCUT2D eigenvalue weighted by atomic mass is 79.9. The van der Waals surface area contributed by atoms with Crippen molar-refractivity contribution < 1.29 is 18.7 Å². The van der Waals surface area contributed by atoms with Crippen LogP contribution in [-0.2, 0) is 6.61 Å². The van der Waals surface area contributed by atoms with Gasteiger partial charge in [0.1, 0.15) is 12.2 Å². The topological polar surface area (TPSA) is 73.1 Å². The number of aryl methyl sites for hydroxylation is 1. The Labute approximate surface area is 228 Å². The lowest BCUT2D eigenvalue weighted by atomic mass is 10.1. The zero-order chi connectivity index (χ0) is 24.9. The minimum Gasteiger partial charge on any atom is -0.490 e. The first-order valence-electron chi connectivity index (χ1n) is 10.7. The number of hydrazone groups is 1. The van der Waals surface area contributed by atoms with Crippen LogP contribution in [0.5, 0.6) is 11.5 Å². The van der Waals surface area contributed by atoms with E-state index in [0.717, 1.165) is 24.4 Å². The lowest BCUT2D eigenvalue weighted by Gasteiger charge is -2.14. The van der Waals surface area contributed by atoms with Crippen LogP contribution >= 0.6 is 47.8 Å². The van der Waals surface area contributed by atoms with Gasteiger partial charge in [0.15, 0.2) is 17.3 Å². The molecule has 180 valence electrons. The lowest BCUT2D eigenvalue weighted by Crippen LogP contribution is -2.16. The quantitative estimate of drug-likeness (QED) is 0.154. The molecule has 0 aliphatic heterocycles. The van der Waals surface area contributed by atoms with Crippen LogP contribution in [0.15, 0.2) is 77.5 Å². The maximum absolute atomic E-state index is 12.6. The van der Waals surface area contributed by atoms with E-state index in [1.54, 1.807) is 6.07 Å². The van der Waals surface area contributed by atoms with E-state index in [1.807, 2.05) is 56.3 Å². The van der Waals surface area contributed by atoms with Crippen LogP contribution in [0.4, 0.5) is 0 Å². The minimum atomic E-state index is -0.459. The largest absolute Gasteiger partial charge is 0.490 e. The Morgan fingerprint density at radius 2 is 1.83 bits per heavy atom. The fraction of sp³-hybridized carbons (Fsp3) is 0.154. The van der Waals surface area contributed by atoms with Crippen molar-refractivity contribution in [1.82, 2.24) is 5.43 Å². The summed E-state index contributed by atoms with van der Waals surface area (Å²) < 4.78 is 19.9. The number of halogens is 3. The standard InChI is InChI=1S/C26H21Br3N2O4/c1-3-33-22-10-18(20(28)12-23(22)34-14-16-6-4-5-15(2)7-16)13-30-31-26(32)24-9-17-8-19(27)11-21(29)25(17)35-24/h4-13H,3,14H2,1-2H3,(H,31,32)/b30-13-. The molecule has 4 rings (SSSR count). The van der Waals surface area contributed by atoms with Gasteiger partial charge >= 0.3 is 5.91 Å². The molecular weight excluding hydrogens is 644 g/mol. The van der Waals surface area contributed by atoms with Gasteiger partial charge in [0.05, 0.1) is 17.3 Å². The van der Waals surface area contributed by atoms with Gasteiger partial charge in [-0.3, -0.25) is 4.79 Å². The summed E-state index contributed by atoms with van der Waals surface area (Å²) in [7, 11) is 0. The first-order chi connectivity index (χ1) is 16.8. The second-order valence-electron chi connectivity index (χ2n) is 7.65. The van der Waals surface area contributed by atoms with Crippen LogP contribution in [0.25, 0.3) is 11.0 Å². The number of hydrogen-bond acceptors (Lipinski definition) is 5. The fourth-order valence-corrected chi connectivity index (χ4v) is 5.16. The molecule has 0 saturated heterocycles. The van der Waals surface area contributed by atoms with Crippen molar-refractivity contribution >= 4 is 70.9 Å². The molecule has 0 aliphatic rings. The average molecular weight is 665 g/mol. The Balaban J connectivity index is 1.48. The number of nitrogens with zero attached hydrogens (tertiary/aromatic N) is 1. The second kappa shape index (κ2) is 11.4. The summed E-state index contributed by atoms with van der Waals surface area (Å²) in [6.45, 7) is 4.85. The Bertz CT molecular complexity index is 1420. The molecule has 6 nitrogen and oxygen atoms in total. The number of furan rings is 1. The molecule has 0 saturated carbocycles. The van der Waals surface area contributed by atoms with Crippen molar-refractivity contribution in [2.75, 3.05) is 6.61 Å². The highest BCUT2D eigenvalue weighted by Crippen LogP contribution is 2.34. The van der Waals surface area contributed by atoms with E-state index >= 15 is 0 Å². The summed E-state index contributed by atoms with van der Waals surface area (Å²) in [6, 6.07) is 17.2.